The SMILES string of the molecule is CCOc1cccc(N)c1C(=O)OCC(=O)NC(C)CC. The number of nitrogens with one attached hydrogen (secondary N) is 1. The monoisotopic (exact) mass is 294 g/mol. The van der Waals surface area contributed by atoms with E-state index in [1.54, 1.807) is 25.1 Å². The number of carbonyl (C=O) groups is 2. The van der Waals surface area contributed by atoms with Crippen LogP contribution in [0.3, 0.4) is 0 Å². The lowest BCUT2D eigenvalue weighted by atomic mass is 10.1. The average molecular weight is 294 g/mol. The molecule has 0 aliphatic heterocycles. The molecule has 0 saturated heterocycles. The Kier molecular flexibility index (Phi) is 6.52. The minimum atomic E-state index is -0.671. The average Bonchev–Trinajstić information content (AvgIpc) is 2.45. The molecule has 21 heavy (non-hydrogen) atoms. The van der Waals surface area contributed by atoms with Crippen LogP contribution >= 0.6 is 0 Å². The van der Waals surface area contributed by atoms with E-state index in [0.717, 1.165) is 6.42 Å². The molecule has 3 N–H and O–H groups in total. The Hall–Kier alpha value is -2.24. The fourth-order valence-corrected chi connectivity index (χ4v) is 1.66. The largest absolute Gasteiger partial charge is 0.493 e. The quantitative estimate of drug-likeness (QED) is 0.590. The standard InChI is InChI=1S/C15H22N2O4/c1-4-10(3)17-13(18)9-21-15(19)14-11(16)7-6-8-12(14)20-5-2/h6-8,10H,4-5,9,16H2,1-3H3,(H,17,18). The molecular formula is C15H22N2O4. The second-order valence-corrected chi connectivity index (χ2v) is 4.61. The van der Waals surface area contributed by atoms with Gasteiger partial charge in [-0.1, -0.05) is 13.0 Å². The Morgan fingerprint density at radius 2 is 2.05 bits per heavy atom. The van der Waals surface area contributed by atoms with Gasteiger partial charge in [0.15, 0.2) is 6.61 Å². The van der Waals surface area contributed by atoms with Crippen molar-refractivity contribution in [3.8, 4) is 5.75 Å². The van der Waals surface area contributed by atoms with Crippen LogP contribution in [0.15, 0.2) is 18.2 Å². The maximum Gasteiger partial charge on any atom is 0.344 e. The lowest BCUT2D eigenvalue weighted by molar-refractivity contribution is -0.124. The molecule has 0 aliphatic carbocycles. The second kappa shape index (κ2) is 8.14. The van der Waals surface area contributed by atoms with Gasteiger partial charge >= 0.3 is 5.97 Å². The van der Waals surface area contributed by atoms with Crippen molar-refractivity contribution >= 4 is 17.6 Å². The van der Waals surface area contributed by atoms with E-state index in [4.69, 9.17) is 15.2 Å². The number of nitrogen functional groups attached to an aromatic ring is 1. The van der Waals surface area contributed by atoms with Crippen molar-refractivity contribution in [1.29, 1.82) is 0 Å². The van der Waals surface area contributed by atoms with Crippen LogP contribution in [0.5, 0.6) is 5.75 Å². The Morgan fingerprint density at radius 3 is 2.67 bits per heavy atom. The zero-order chi connectivity index (χ0) is 15.8. The van der Waals surface area contributed by atoms with E-state index in [1.165, 1.54) is 0 Å². The molecule has 1 amide bonds. The van der Waals surface area contributed by atoms with Crippen LogP contribution in [0.1, 0.15) is 37.6 Å². The molecule has 1 aromatic rings. The summed E-state index contributed by atoms with van der Waals surface area (Å²) in [7, 11) is 0. The van der Waals surface area contributed by atoms with Gasteiger partial charge in [-0.15, -0.1) is 0 Å². The van der Waals surface area contributed by atoms with Gasteiger partial charge in [0, 0.05) is 11.7 Å². The highest BCUT2D eigenvalue weighted by molar-refractivity contribution is 5.99. The molecule has 0 radical (unpaired) electrons. The van der Waals surface area contributed by atoms with E-state index in [2.05, 4.69) is 5.32 Å². The first-order valence-electron chi connectivity index (χ1n) is 6.97. The topological polar surface area (TPSA) is 90.7 Å². The van der Waals surface area contributed by atoms with Gasteiger partial charge in [-0.05, 0) is 32.4 Å². The molecule has 0 aliphatic rings. The first kappa shape index (κ1) is 16.8. The zero-order valence-electron chi connectivity index (χ0n) is 12.6. The molecule has 1 rings (SSSR count). The van der Waals surface area contributed by atoms with E-state index >= 15 is 0 Å². The lowest BCUT2D eigenvalue weighted by Crippen LogP contribution is -2.35. The van der Waals surface area contributed by atoms with Crippen molar-refractivity contribution in [3.63, 3.8) is 0 Å². The highest BCUT2D eigenvalue weighted by Crippen LogP contribution is 2.25. The summed E-state index contributed by atoms with van der Waals surface area (Å²) < 4.78 is 10.3. The van der Waals surface area contributed by atoms with Crippen LogP contribution in [0.25, 0.3) is 0 Å². The van der Waals surface area contributed by atoms with Gasteiger partial charge in [-0.3, -0.25) is 4.79 Å². The summed E-state index contributed by atoms with van der Waals surface area (Å²) in [5, 5.41) is 2.71. The molecule has 0 spiro atoms. The fraction of sp³-hybridized carbons (Fsp3) is 0.467. The molecular weight excluding hydrogens is 272 g/mol. The molecule has 116 valence electrons. The van der Waals surface area contributed by atoms with Crippen molar-refractivity contribution in [2.75, 3.05) is 18.9 Å². The fourth-order valence-electron chi connectivity index (χ4n) is 1.66. The number of hydrogen-bond acceptors (Lipinski definition) is 5. The summed E-state index contributed by atoms with van der Waals surface area (Å²) >= 11 is 0. The summed E-state index contributed by atoms with van der Waals surface area (Å²) in [4.78, 5) is 23.7. The van der Waals surface area contributed by atoms with E-state index in [9.17, 15) is 9.59 Å². The molecule has 0 aromatic heterocycles. The van der Waals surface area contributed by atoms with Crippen LogP contribution in [0, 0.1) is 0 Å². The Morgan fingerprint density at radius 1 is 1.33 bits per heavy atom. The van der Waals surface area contributed by atoms with Crippen LogP contribution in [0.4, 0.5) is 5.69 Å². The van der Waals surface area contributed by atoms with Crippen LogP contribution in [0.2, 0.25) is 0 Å². The molecule has 1 aromatic carbocycles. The molecule has 1 atom stereocenters. The first-order chi connectivity index (χ1) is 9.99. The molecule has 0 saturated carbocycles. The second-order valence-electron chi connectivity index (χ2n) is 4.61. The number of amides is 1. The van der Waals surface area contributed by atoms with Gasteiger partial charge in [-0.25, -0.2) is 4.79 Å². The minimum Gasteiger partial charge on any atom is -0.493 e. The van der Waals surface area contributed by atoms with Crippen molar-refractivity contribution < 1.29 is 19.1 Å². The molecule has 0 bridgehead atoms. The van der Waals surface area contributed by atoms with Crippen molar-refractivity contribution in [1.82, 2.24) is 5.32 Å². The van der Waals surface area contributed by atoms with Crippen molar-refractivity contribution in [2.24, 2.45) is 0 Å². The predicted octanol–water partition coefficient (Wildman–Crippen LogP) is 1.74. The normalized spacial score (nSPS) is 11.6. The van der Waals surface area contributed by atoms with Crippen molar-refractivity contribution in [3.05, 3.63) is 23.8 Å². The van der Waals surface area contributed by atoms with Crippen molar-refractivity contribution in [2.45, 2.75) is 33.2 Å². The number of ether oxygens (including phenoxy) is 2. The highest BCUT2D eigenvalue weighted by atomic mass is 16.5. The summed E-state index contributed by atoms with van der Waals surface area (Å²) in [6, 6.07) is 4.94. The summed E-state index contributed by atoms with van der Waals surface area (Å²) in [5.74, 6) is -0.661. The van der Waals surface area contributed by atoms with Gasteiger partial charge in [0.25, 0.3) is 5.91 Å². The maximum absolute atomic E-state index is 12.1. The van der Waals surface area contributed by atoms with Crippen LogP contribution in [-0.4, -0.2) is 31.1 Å². The highest BCUT2D eigenvalue weighted by Gasteiger charge is 2.19. The van der Waals surface area contributed by atoms with Gasteiger partial charge in [0.2, 0.25) is 0 Å². The maximum atomic E-state index is 12.1. The van der Waals surface area contributed by atoms with Crippen LogP contribution < -0.4 is 15.8 Å². The summed E-state index contributed by atoms with van der Waals surface area (Å²) in [5.41, 5.74) is 6.19. The molecule has 0 fully saturated rings. The Labute approximate surface area is 124 Å². The summed E-state index contributed by atoms with van der Waals surface area (Å²) in [6.45, 7) is 5.69. The van der Waals surface area contributed by atoms with E-state index in [1.807, 2.05) is 13.8 Å². The van der Waals surface area contributed by atoms with E-state index in [-0.39, 0.29) is 29.8 Å². The Balaban J connectivity index is 2.70. The number of carbonyl (C=O) groups excluding carboxylic acids is 2. The number of esters is 1. The van der Waals surface area contributed by atoms with Crippen LogP contribution in [-0.2, 0) is 9.53 Å². The number of hydrogen-bond donors (Lipinski definition) is 2. The third-order valence-electron chi connectivity index (χ3n) is 2.92. The molecule has 6 nitrogen and oxygen atoms in total. The van der Waals surface area contributed by atoms with E-state index in [0.29, 0.717) is 12.4 Å². The molecule has 6 heteroatoms. The van der Waals surface area contributed by atoms with Gasteiger partial charge < -0.3 is 20.5 Å². The lowest BCUT2D eigenvalue weighted by Gasteiger charge is -2.13. The molecule has 0 heterocycles. The number of benzene rings is 1. The smallest absolute Gasteiger partial charge is 0.344 e. The molecule has 1 unspecified atom stereocenters. The predicted molar refractivity (Wildman–Crippen MR) is 80.2 cm³/mol. The number of anilines is 1. The third-order valence-corrected chi connectivity index (χ3v) is 2.92. The van der Waals surface area contributed by atoms with Gasteiger partial charge in [0.1, 0.15) is 11.3 Å². The van der Waals surface area contributed by atoms with E-state index < -0.39 is 5.97 Å². The minimum absolute atomic E-state index is 0.0389. The van der Waals surface area contributed by atoms with Gasteiger partial charge in [-0.2, -0.15) is 0 Å². The number of rotatable bonds is 7. The summed E-state index contributed by atoms with van der Waals surface area (Å²) in [6.07, 6.45) is 0.805. The Bertz CT molecular complexity index is 502. The van der Waals surface area contributed by atoms with Gasteiger partial charge in [0.05, 0.1) is 6.61 Å². The zero-order valence-corrected chi connectivity index (χ0v) is 12.6. The third kappa shape index (κ3) is 4.98. The number of nitrogens with two attached hydrogens (primary N) is 1. The first-order valence-corrected chi connectivity index (χ1v) is 6.97.